The van der Waals surface area contributed by atoms with Crippen molar-refractivity contribution in [2.45, 2.75) is 13.0 Å². The van der Waals surface area contributed by atoms with Crippen molar-refractivity contribution in [1.29, 1.82) is 0 Å². The van der Waals surface area contributed by atoms with Gasteiger partial charge < -0.3 is 9.30 Å². The third-order valence-corrected chi connectivity index (χ3v) is 3.37. The Morgan fingerprint density at radius 3 is 2.89 bits per heavy atom. The number of esters is 1. The molecular formula is C13H12BrFN2O2. The van der Waals surface area contributed by atoms with Gasteiger partial charge in [-0.25, -0.2) is 9.78 Å². The number of hydrogen-bond donors (Lipinski definition) is 0. The van der Waals surface area contributed by atoms with Crippen LogP contribution >= 0.6 is 15.9 Å². The Labute approximate surface area is 118 Å². The van der Waals surface area contributed by atoms with Gasteiger partial charge in [-0.1, -0.05) is 28.1 Å². The standard InChI is InChI=1S/C13H12BrFN2O2/c1-8(9-4-3-5-10(14)6-9)17-7-16-12(15)11(17)13(18)19-2/h3-8H,1-2H3/t8-/m1/s1. The van der Waals surface area contributed by atoms with Gasteiger partial charge in [-0.15, -0.1) is 0 Å². The molecule has 0 N–H and O–H groups in total. The van der Waals surface area contributed by atoms with Gasteiger partial charge in [0.1, 0.15) is 0 Å². The molecule has 0 amide bonds. The molecule has 0 radical (unpaired) electrons. The van der Waals surface area contributed by atoms with Crippen LogP contribution in [-0.2, 0) is 4.74 Å². The summed E-state index contributed by atoms with van der Waals surface area (Å²) >= 11 is 3.38. The van der Waals surface area contributed by atoms with Crippen molar-refractivity contribution >= 4 is 21.9 Å². The summed E-state index contributed by atoms with van der Waals surface area (Å²) in [4.78, 5) is 15.1. The lowest BCUT2D eigenvalue weighted by molar-refractivity contribution is 0.0581. The second-order valence-corrected chi connectivity index (χ2v) is 4.93. The van der Waals surface area contributed by atoms with E-state index in [1.807, 2.05) is 31.2 Å². The number of rotatable bonds is 3. The smallest absolute Gasteiger partial charge is 0.359 e. The second-order valence-electron chi connectivity index (χ2n) is 4.01. The highest BCUT2D eigenvalue weighted by molar-refractivity contribution is 9.10. The first-order valence-electron chi connectivity index (χ1n) is 5.60. The maximum atomic E-state index is 13.6. The van der Waals surface area contributed by atoms with Gasteiger partial charge in [-0.2, -0.15) is 4.39 Å². The highest BCUT2D eigenvalue weighted by Crippen LogP contribution is 2.24. The number of ether oxygens (including phenoxy) is 1. The van der Waals surface area contributed by atoms with Crippen molar-refractivity contribution < 1.29 is 13.9 Å². The monoisotopic (exact) mass is 326 g/mol. The fraction of sp³-hybridized carbons (Fsp3) is 0.231. The van der Waals surface area contributed by atoms with Crippen LogP contribution in [0.15, 0.2) is 35.1 Å². The lowest BCUT2D eigenvalue weighted by atomic mass is 10.1. The van der Waals surface area contributed by atoms with Crippen LogP contribution in [0, 0.1) is 5.95 Å². The summed E-state index contributed by atoms with van der Waals surface area (Å²) < 4.78 is 20.5. The zero-order chi connectivity index (χ0) is 14.0. The van der Waals surface area contributed by atoms with Gasteiger partial charge >= 0.3 is 5.97 Å². The summed E-state index contributed by atoms with van der Waals surface area (Å²) in [7, 11) is 1.21. The summed E-state index contributed by atoms with van der Waals surface area (Å²) in [6.45, 7) is 1.86. The molecular weight excluding hydrogens is 315 g/mol. The SMILES string of the molecule is COC(=O)c1c(F)ncn1[C@H](C)c1cccc(Br)c1. The van der Waals surface area contributed by atoms with E-state index in [4.69, 9.17) is 0 Å². The van der Waals surface area contributed by atoms with Crippen molar-refractivity contribution in [3.8, 4) is 0 Å². The highest BCUT2D eigenvalue weighted by Gasteiger charge is 2.23. The van der Waals surface area contributed by atoms with E-state index < -0.39 is 11.9 Å². The molecule has 1 heterocycles. The summed E-state index contributed by atoms with van der Waals surface area (Å²) in [5, 5.41) is 0. The zero-order valence-corrected chi connectivity index (χ0v) is 12.0. The molecule has 0 saturated heterocycles. The number of carbonyl (C=O) groups excluding carboxylic acids is 1. The molecule has 4 nitrogen and oxygen atoms in total. The van der Waals surface area contributed by atoms with Crippen molar-refractivity contribution in [2.24, 2.45) is 0 Å². The Morgan fingerprint density at radius 1 is 1.53 bits per heavy atom. The number of methoxy groups -OCH3 is 1. The molecule has 6 heteroatoms. The number of benzene rings is 1. The van der Waals surface area contributed by atoms with E-state index in [-0.39, 0.29) is 11.7 Å². The van der Waals surface area contributed by atoms with Gasteiger partial charge in [0.15, 0.2) is 5.69 Å². The highest BCUT2D eigenvalue weighted by atomic mass is 79.9. The van der Waals surface area contributed by atoms with Crippen molar-refractivity contribution in [2.75, 3.05) is 7.11 Å². The minimum atomic E-state index is -0.825. The Balaban J connectivity index is 2.45. The fourth-order valence-corrected chi connectivity index (χ4v) is 2.26. The van der Waals surface area contributed by atoms with Crippen LogP contribution in [0.5, 0.6) is 0 Å². The number of imidazole rings is 1. The Hall–Kier alpha value is -1.69. The Kier molecular flexibility index (Phi) is 3.99. The summed E-state index contributed by atoms with van der Waals surface area (Å²) in [5.41, 5.74) is 0.756. The van der Waals surface area contributed by atoms with Crippen molar-refractivity contribution in [3.05, 3.63) is 52.3 Å². The lowest BCUT2D eigenvalue weighted by Gasteiger charge is -2.16. The molecule has 0 saturated carbocycles. The first kappa shape index (κ1) is 13.7. The van der Waals surface area contributed by atoms with Gasteiger partial charge in [-0.3, -0.25) is 0 Å². The van der Waals surface area contributed by atoms with E-state index in [0.717, 1.165) is 10.0 Å². The average Bonchev–Trinajstić information content (AvgIpc) is 2.79. The van der Waals surface area contributed by atoms with Gasteiger partial charge in [0, 0.05) is 4.47 Å². The van der Waals surface area contributed by atoms with E-state index in [1.165, 1.54) is 18.0 Å². The van der Waals surface area contributed by atoms with E-state index >= 15 is 0 Å². The molecule has 0 fully saturated rings. The van der Waals surface area contributed by atoms with Crippen LogP contribution in [0.25, 0.3) is 0 Å². The second kappa shape index (κ2) is 5.52. The van der Waals surface area contributed by atoms with E-state index in [2.05, 4.69) is 25.7 Å². The van der Waals surface area contributed by atoms with Gasteiger partial charge in [0.05, 0.1) is 19.5 Å². The van der Waals surface area contributed by atoms with Crippen molar-refractivity contribution in [1.82, 2.24) is 9.55 Å². The molecule has 1 aromatic heterocycles. The predicted octanol–water partition coefficient (Wildman–Crippen LogP) is 3.18. The fourth-order valence-electron chi connectivity index (χ4n) is 1.85. The van der Waals surface area contributed by atoms with Crippen LogP contribution in [0.1, 0.15) is 29.0 Å². The molecule has 19 heavy (non-hydrogen) atoms. The molecule has 1 aromatic carbocycles. The molecule has 0 aliphatic carbocycles. The van der Waals surface area contributed by atoms with Gasteiger partial charge in [-0.05, 0) is 24.6 Å². The molecule has 2 rings (SSSR count). The van der Waals surface area contributed by atoms with Crippen LogP contribution in [0.4, 0.5) is 4.39 Å². The number of carbonyl (C=O) groups is 1. The molecule has 0 unspecified atom stereocenters. The van der Waals surface area contributed by atoms with Gasteiger partial charge in [0.2, 0.25) is 5.95 Å². The normalized spacial score (nSPS) is 12.2. The first-order valence-corrected chi connectivity index (χ1v) is 6.40. The molecule has 1 atom stereocenters. The Bertz CT molecular complexity index is 612. The summed E-state index contributed by atoms with van der Waals surface area (Å²) in [5.74, 6) is -1.56. The predicted molar refractivity (Wildman–Crippen MR) is 71.5 cm³/mol. The molecule has 0 bridgehead atoms. The third-order valence-electron chi connectivity index (χ3n) is 2.88. The number of hydrogen-bond acceptors (Lipinski definition) is 3. The maximum absolute atomic E-state index is 13.6. The maximum Gasteiger partial charge on any atom is 0.359 e. The summed E-state index contributed by atoms with van der Waals surface area (Å²) in [6.07, 6.45) is 1.30. The van der Waals surface area contributed by atoms with E-state index in [9.17, 15) is 9.18 Å². The summed E-state index contributed by atoms with van der Waals surface area (Å²) in [6, 6.07) is 7.34. The Morgan fingerprint density at radius 2 is 2.26 bits per heavy atom. The average molecular weight is 327 g/mol. The van der Waals surface area contributed by atoms with Crippen LogP contribution < -0.4 is 0 Å². The minimum Gasteiger partial charge on any atom is -0.464 e. The largest absolute Gasteiger partial charge is 0.464 e. The van der Waals surface area contributed by atoms with Crippen LogP contribution in [0.2, 0.25) is 0 Å². The van der Waals surface area contributed by atoms with Crippen LogP contribution in [-0.4, -0.2) is 22.6 Å². The minimum absolute atomic E-state index is 0.171. The number of aromatic nitrogens is 2. The molecule has 2 aromatic rings. The first-order chi connectivity index (χ1) is 9.04. The van der Waals surface area contributed by atoms with E-state index in [1.54, 1.807) is 0 Å². The lowest BCUT2D eigenvalue weighted by Crippen LogP contribution is -2.15. The molecule has 100 valence electrons. The van der Waals surface area contributed by atoms with Crippen molar-refractivity contribution in [3.63, 3.8) is 0 Å². The van der Waals surface area contributed by atoms with Crippen LogP contribution in [0.3, 0.4) is 0 Å². The zero-order valence-electron chi connectivity index (χ0n) is 10.4. The van der Waals surface area contributed by atoms with Gasteiger partial charge in [0.25, 0.3) is 0 Å². The third kappa shape index (κ3) is 2.68. The molecule has 0 aliphatic heterocycles. The molecule has 0 aliphatic rings. The quantitative estimate of drug-likeness (QED) is 0.814. The van der Waals surface area contributed by atoms with E-state index in [0.29, 0.717) is 0 Å². The number of halogens is 2. The topological polar surface area (TPSA) is 44.1 Å². The number of nitrogens with zero attached hydrogens (tertiary/aromatic N) is 2. The molecule has 0 spiro atoms.